The molecule has 0 radical (unpaired) electrons. The molecule has 0 amide bonds. The monoisotopic (exact) mass is 360 g/mol. The Morgan fingerprint density at radius 2 is 1.35 bits per heavy atom. The molecule has 1 heterocycles. The number of hydrogen-bond donors (Lipinski definition) is 0. The van der Waals surface area contributed by atoms with Crippen LogP contribution in [0.25, 0.3) is 33.3 Å². The first-order valence-corrected chi connectivity index (χ1v) is 8.19. The van der Waals surface area contributed by atoms with Crippen molar-refractivity contribution in [3.63, 3.8) is 0 Å². The van der Waals surface area contributed by atoms with Crippen LogP contribution in [-0.2, 0) is 0 Å². The molecule has 0 saturated heterocycles. The van der Waals surface area contributed by atoms with Crippen molar-refractivity contribution >= 4 is 26.7 Å². The van der Waals surface area contributed by atoms with Crippen molar-refractivity contribution < 1.29 is 0 Å². The lowest BCUT2D eigenvalue weighted by Gasteiger charge is -2.09. The fraction of sp³-hybridized carbons (Fsp3) is 0. The van der Waals surface area contributed by atoms with Crippen LogP contribution in [0.3, 0.4) is 0 Å². The van der Waals surface area contributed by atoms with Gasteiger partial charge in [-0.25, -0.2) is 9.97 Å². The average molecular weight is 361 g/mol. The van der Waals surface area contributed by atoms with Gasteiger partial charge in [0.1, 0.15) is 0 Å². The van der Waals surface area contributed by atoms with Gasteiger partial charge in [0, 0.05) is 11.1 Å². The highest BCUT2D eigenvalue weighted by Crippen LogP contribution is 2.30. The van der Waals surface area contributed by atoms with Gasteiger partial charge in [-0.3, -0.25) is 0 Å². The molecule has 0 bridgehead atoms. The molecule has 0 spiro atoms. The van der Waals surface area contributed by atoms with Crippen LogP contribution in [0.5, 0.6) is 0 Å². The Labute approximate surface area is 143 Å². The fourth-order valence-electron chi connectivity index (χ4n) is 2.76. The molecule has 0 saturated carbocycles. The molecule has 0 N–H and O–H groups in total. The number of halogens is 1. The van der Waals surface area contributed by atoms with Gasteiger partial charge in [0.15, 0.2) is 4.73 Å². The molecule has 0 aliphatic carbocycles. The Balaban J connectivity index is 1.94. The first kappa shape index (κ1) is 14.1. The molecule has 0 aliphatic rings. The summed E-state index contributed by atoms with van der Waals surface area (Å²) in [6.45, 7) is 0. The van der Waals surface area contributed by atoms with E-state index in [-0.39, 0.29) is 0 Å². The molecular formula is C20H13BrN2. The zero-order chi connectivity index (χ0) is 15.6. The van der Waals surface area contributed by atoms with Crippen LogP contribution in [0.2, 0.25) is 0 Å². The normalized spacial score (nSPS) is 10.8. The SMILES string of the molecule is Brc1nc(-c2ccccc2)cc(-c2cccc3ccccc23)n1. The van der Waals surface area contributed by atoms with E-state index in [1.807, 2.05) is 24.3 Å². The summed E-state index contributed by atoms with van der Waals surface area (Å²) in [7, 11) is 0. The lowest BCUT2D eigenvalue weighted by atomic mass is 10.0. The third-order valence-corrected chi connectivity index (χ3v) is 4.19. The van der Waals surface area contributed by atoms with E-state index in [0.29, 0.717) is 4.73 Å². The number of nitrogens with zero attached hydrogens (tertiary/aromatic N) is 2. The first-order valence-electron chi connectivity index (χ1n) is 7.39. The molecule has 4 aromatic rings. The first-order chi connectivity index (χ1) is 11.3. The minimum Gasteiger partial charge on any atom is -0.222 e. The molecular weight excluding hydrogens is 348 g/mol. The van der Waals surface area contributed by atoms with Crippen molar-refractivity contribution in [2.75, 3.05) is 0 Å². The lowest BCUT2D eigenvalue weighted by molar-refractivity contribution is 1.12. The predicted octanol–water partition coefficient (Wildman–Crippen LogP) is 5.73. The molecule has 4 rings (SSSR count). The highest BCUT2D eigenvalue weighted by molar-refractivity contribution is 9.10. The largest absolute Gasteiger partial charge is 0.222 e. The van der Waals surface area contributed by atoms with Gasteiger partial charge in [0.2, 0.25) is 0 Å². The number of aromatic nitrogens is 2. The van der Waals surface area contributed by atoms with E-state index in [1.54, 1.807) is 0 Å². The standard InChI is InChI=1S/C20H13BrN2/c21-20-22-18(15-8-2-1-3-9-15)13-19(23-20)17-12-6-10-14-7-4-5-11-16(14)17/h1-13H. The van der Waals surface area contributed by atoms with Crippen molar-refractivity contribution in [3.05, 3.63) is 83.6 Å². The number of hydrogen-bond acceptors (Lipinski definition) is 2. The van der Waals surface area contributed by atoms with Crippen LogP contribution in [0.1, 0.15) is 0 Å². The fourth-order valence-corrected chi connectivity index (χ4v) is 3.14. The summed E-state index contributed by atoms with van der Waals surface area (Å²) in [4.78, 5) is 9.10. The van der Waals surface area contributed by atoms with Gasteiger partial charge < -0.3 is 0 Å². The summed E-state index contributed by atoms with van der Waals surface area (Å²) in [6.07, 6.45) is 0. The van der Waals surface area contributed by atoms with Gasteiger partial charge >= 0.3 is 0 Å². The van der Waals surface area contributed by atoms with E-state index in [4.69, 9.17) is 0 Å². The second kappa shape index (κ2) is 5.94. The molecule has 2 nitrogen and oxygen atoms in total. The van der Waals surface area contributed by atoms with Crippen molar-refractivity contribution in [2.45, 2.75) is 0 Å². The number of benzene rings is 3. The molecule has 0 unspecified atom stereocenters. The van der Waals surface area contributed by atoms with E-state index in [1.165, 1.54) is 10.8 Å². The maximum Gasteiger partial charge on any atom is 0.197 e. The van der Waals surface area contributed by atoms with Crippen LogP contribution in [0.4, 0.5) is 0 Å². The van der Waals surface area contributed by atoms with Gasteiger partial charge in [-0.15, -0.1) is 0 Å². The highest BCUT2D eigenvalue weighted by Gasteiger charge is 2.09. The van der Waals surface area contributed by atoms with Crippen LogP contribution in [0, 0.1) is 0 Å². The van der Waals surface area contributed by atoms with E-state index in [2.05, 4.69) is 80.5 Å². The van der Waals surface area contributed by atoms with E-state index in [0.717, 1.165) is 22.5 Å². The molecule has 110 valence electrons. The minimum atomic E-state index is 0.599. The quantitative estimate of drug-likeness (QED) is 0.426. The van der Waals surface area contributed by atoms with Crippen molar-refractivity contribution in [2.24, 2.45) is 0 Å². The molecule has 3 heteroatoms. The molecule has 0 fully saturated rings. The Hall–Kier alpha value is -2.52. The summed E-state index contributed by atoms with van der Waals surface area (Å²) < 4.78 is 0.599. The summed E-state index contributed by atoms with van der Waals surface area (Å²) in [6, 6.07) is 26.8. The van der Waals surface area contributed by atoms with E-state index >= 15 is 0 Å². The summed E-state index contributed by atoms with van der Waals surface area (Å²) >= 11 is 3.45. The zero-order valence-corrected chi connectivity index (χ0v) is 13.9. The summed E-state index contributed by atoms with van der Waals surface area (Å²) in [5.74, 6) is 0. The Kier molecular flexibility index (Phi) is 3.64. The number of rotatable bonds is 2. The molecule has 3 aromatic carbocycles. The number of fused-ring (bicyclic) bond motifs is 1. The lowest BCUT2D eigenvalue weighted by Crippen LogP contribution is -1.92. The van der Waals surface area contributed by atoms with Crippen LogP contribution in [0.15, 0.2) is 83.6 Å². The Morgan fingerprint density at radius 3 is 2.22 bits per heavy atom. The van der Waals surface area contributed by atoms with Gasteiger partial charge in [-0.1, -0.05) is 72.8 Å². The highest BCUT2D eigenvalue weighted by atomic mass is 79.9. The van der Waals surface area contributed by atoms with Crippen LogP contribution >= 0.6 is 15.9 Å². The van der Waals surface area contributed by atoms with Gasteiger partial charge in [0.05, 0.1) is 11.4 Å². The van der Waals surface area contributed by atoms with Gasteiger partial charge in [-0.2, -0.15) is 0 Å². The third-order valence-electron chi connectivity index (χ3n) is 3.83. The van der Waals surface area contributed by atoms with Crippen molar-refractivity contribution in [1.29, 1.82) is 0 Å². The third kappa shape index (κ3) is 2.76. The summed E-state index contributed by atoms with van der Waals surface area (Å²) in [5, 5.41) is 2.40. The van der Waals surface area contributed by atoms with Gasteiger partial charge in [0.25, 0.3) is 0 Å². The van der Waals surface area contributed by atoms with Crippen LogP contribution < -0.4 is 0 Å². The van der Waals surface area contributed by atoms with Crippen molar-refractivity contribution in [1.82, 2.24) is 9.97 Å². The second-order valence-corrected chi connectivity index (χ2v) is 6.01. The maximum atomic E-state index is 4.59. The van der Waals surface area contributed by atoms with Crippen molar-refractivity contribution in [3.8, 4) is 22.5 Å². The average Bonchev–Trinajstić information content (AvgIpc) is 2.61. The zero-order valence-electron chi connectivity index (χ0n) is 12.3. The summed E-state index contributed by atoms with van der Waals surface area (Å²) in [5.41, 5.74) is 4.03. The molecule has 23 heavy (non-hydrogen) atoms. The second-order valence-electron chi connectivity index (χ2n) is 5.30. The maximum absolute atomic E-state index is 4.59. The van der Waals surface area contributed by atoms with Gasteiger partial charge in [-0.05, 0) is 32.8 Å². The van der Waals surface area contributed by atoms with E-state index < -0.39 is 0 Å². The molecule has 1 aromatic heterocycles. The minimum absolute atomic E-state index is 0.599. The van der Waals surface area contributed by atoms with E-state index in [9.17, 15) is 0 Å². The molecule has 0 atom stereocenters. The Bertz CT molecular complexity index is 976. The Morgan fingerprint density at radius 1 is 0.652 bits per heavy atom. The van der Waals surface area contributed by atoms with Crippen LogP contribution in [-0.4, -0.2) is 9.97 Å². The topological polar surface area (TPSA) is 25.8 Å². The smallest absolute Gasteiger partial charge is 0.197 e. The predicted molar refractivity (Wildman–Crippen MR) is 98.1 cm³/mol. The molecule has 0 aliphatic heterocycles.